The topological polar surface area (TPSA) is 91.4 Å². The summed E-state index contributed by atoms with van der Waals surface area (Å²) >= 11 is 0. The van der Waals surface area contributed by atoms with Crippen molar-refractivity contribution in [1.29, 1.82) is 0 Å². The minimum Gasteiger partial charge on any atom is -0.378 e. The second-order valence-electron chi connectivity index (χ2n) is 11.9. The smallest absolute Gasteiger partial charge is 0.292 e. The lowest BCUT2D eigenvalue weighted by atomic mass is 9.85. The van der Waals surface area contributed by atoms with E-state index in [9.17, 15) is 14.0 Å². The molecular formula is C37H43ClN4O4. The van der Waals surface area contributed by atoms with Crippen LogP contribution < -0.4 is 33.6 Å². The molecule has 4 aromatic carbocycles. The van der Waals surface area contributed by atoms with E-state index in [4.69, 9.17) is 4.29 Å². The third-order valence-corrected chi connectivity index (χ3v) is 8.26. The summed E-state index contributed by atoms with van der Waals surface area (Å²) in [6, 6.07) is 31.0. The summed E-state index contributed by atoms with van der Waals surface area (Å²) in [6.45, 7) is 0. The summed E-state index contributed by atoms with van der Waals surface area (Å²) in [7, 11) is 10.8. The van der Waals surface area contributed by atoms with Gasteiger partial charge in [-0.2, -0.15) is 14.0 Å². The fourth-order valence-corrected chi connectivity index (χ4v) is 5.68. The minimum absolute atomic E-state index is 0.486. The van der Waals surface area contributed by atoms with Crippen molar-refractivity contribution in [2.75, 3.05) is 76.0 Å². The van der Waals surface area contributed by atoms with E-state index in [1.807, 2.05) is 106 Å². The first-order valence-electron chi connectivity index (χ1n) is 14.8. The molecule has 0 N–H and O–H groups in total. The second kappa shape index (κ2) is 14.4. The lowest BCUT2D eigenvalue weighted by Gasteiger charge is -2.29. The number of hydrogen-bond acceptors (Lipinski definition) is 8. The maximum atomic E-state index is 12.4. The minimum atomic E-state index is -4.84. The SMILES string of the molecule is CN(C)c1ccc(C(=CC=CC(O[Cl+3]([O-])([O-])[O-])(c2ccc(N(C)C)cc2)c2ccc(N(C)C)cc2)c2ccc(N(C)C)cc2)cc1. The maximum absolute atomic E-state index is 12.4. The van der Waals surface area contributed by atoms with Gasteiger partial charge in [0.25, 0.3) is 5.60 Å². The summed E-state index contributed by atoms with van der Waals surface area (Å²) in [6.07, 6.45) is 5.31. The van der Waals surface area contributed by atoms with Crippen LogP contribution in [0.3, 0.4) is 0 Å². The molecule has 9 heteroatoms. The van der Waals surface area contributed by atoms with Gasteiger partial charge in [-0.25, -0.2) is 0 Å². The van der Waals surface area contributed by atoms with E-state index >= 15 is 0 Å². The molecule has 0 aromatic heterocycles. The second-order valence-corrected chi connectivity index (χ2v) is 12.8. The molecule has 0 spiro atoms. The Bertz CT molecular complexity index is 1520. The van der Waals surface area contributed by atoms with E-state index in [1.165, 1.54) is 0 Å². The molecule has 8 nitrogen and oxygen atoms in total. The van der Waals surface area contributed by atoms with Gasteiger partial charge in [-0.05, 0) is 71.3 Å². The molecule has 46 heavy (non-hydrogen) atoms. The Kier molecular flexibility index (Phi) is 10.8. The molecule has 242 valence electrons. The van der Waals surface area contributed by atoms with Crippen LogP contribution in [0, 0.1) is 10.2 Å². The molecule has 0 aliphatic rings. The lowest BCUT2D eigenvalue weighted by Crippen LogP contribution is -2.63. The zero-order chi connectivity index (χ0) is 33.6. The highest BCUT2D eigenvalue weighted by Crippen LogP contribution is 2.39. The van der Waals surface area contributed by atoms with Gasteiger partial charge in [-0.3, -0.25) is 0 Å². The van der Waals surface area contributed by atoms with Gasteiger partial charge >= 0.3 is 0 Å². The van der Waals surface area contributed by atoms with Crippen LogP contribution in [0.2, 0.25) is 0 Å². The Morgan fingerprint density at radius 2 is 0.826 bits per heavy atom. The maximum Gasteiger partial charge on any atom is 0.292 e. The quantitative estimate of drug-likeness (QED) is 0.216. The first-order chi connectivity index (χ1) is 21.7. The van der Waals surface area contributed by atoms with E-state index in [-0.39, 0.29) is 0 Å². The summed E-state index contributed by atoms with van der Waals surface area (Å²) in [5.74, 6) is 0. The van der Waals surface area contributed by atoms with E-state index in [1.54, 1.807) is 36.4 Å². The highest BCUT2D eigenvalue weighted by Gasteiger charge is 2.47. The molecule has 0 unspecified atom stereocenters. The molecule has 0 aliphatic heterocycles. The van der Waals surface area contributed by atoms with Crippen LogP contribution in [0.15, 0.2) is 115 Å². The fourth-order valence-electron chi connectivity index (χ4n) is 5.15. The van der Waals surface area contributed by atoms with Crippen LogP contribution in [-0.4, -0.2) is 56.4 Å². The number of halogens is 1. The lowest BCUT2D eigenvalue weighted by molar-refractivity contribution is -1.92. The number of hydrogen-bond donors (Lipinski definition) is 0. The van der Waals surface area contributed by atoms with Crippen molar-refractivity contribution >= 4 is 28.3 Å². The van der Waals surface area contributed by atoms with Crippen LogP contribution >= 0.6 is 0 Å². The molecule has 0 atom stereocenters. The highest BCUT2D eigenvalue weighted by molar-refractivity contribution is 5.82. The van der Waals surface area contributed by atoms with E-state index in [2.05, 4.69) is 48.5 Å². The van der Waals surface area contributed by atoms with Crippen molar-refractivity contribution in [1.82, 2.24) is 0 Å². The average Bonchev–Trinajstić information content (AvgIpc) is 3.02. The number of allylic oxidation sites excluding steroid dienone is 2. The third kappa shape index (κ3) is 8.28. The van der Waals surface area contributed by atoms with Gasteiger partial charge < -0.3 is 19.6 Å². The first-order valence-corrected chi connectivity index (χ1v) is 16.1. The van der Waals surface area contributed by atoms with Crippen molar-refractivity contribution in [2.45, 2.75) is 5.60 Å². The van der Waals surface area contributed by atoms with E-state index < -0.39 is 15.8 Å². The number of anilines is 4. The predicted octanol–water partition coefficient (Wildman–Crippen LogP) is 3.80. The van der Waals surface area contributed by atoms with Crippen LogP contribution in [0.25, 0.3) is 5.57 Å². The van der Waals surface area contributed by atoms with E-state index in [0.29, 0.717) is 11.1 Å². The van der Waals surface area contributed by atoms with Crippen LogP contribution in [0.4, 0.5) is 22.7 Å². The van der Waals surface area contributed by atoms with Crippen molar-refractivity contribution in [3.8, 4) is 0 Å². The summed E-state index contributed by atoms with van der Waals surface area (Å²) in [5, 5.41) is 0. The van der Waals surface area contributed by atoms with Crippen molar-refractivity contribution in [3.63, 3.8) is 0 Å². The van der Waals surface area contributed by atoms with Gasteiger partial charge in [-0.15, -0.1) is 0 Å². The van der Waals surface area contributed by atoms with E-state index in [0.717, 1.165) is 39.4 Å². The standard InChI is InChI=1S/C37H43ClN4O4/c1-39(2)32-19-11-28(12-20-32)36(29-13-21-33(22-14-29)40(3)4)10-9-27-37(46-38(43,44)45,30-15-23-34(24-16-30)41(5)6)31-17-25-35(26-18-31)42(7)8/h9-27H,1-8H3. The molecule has 0 saturated carbocycles. The highest BCUT2D eigenvalue weighted by atomic mass is 35.7. The Morgan fingerprint density at radius 3 is 1.11 bits per heavy atom. The monoisotopic (exact) mass is 642 g/mol. The molecule has 0 saturated heterocycles. The third-order valence-electron chi connectivity index (χ3n) is 7.82. The largest absolute Gasteiger partial charge is 0.378 e. The molecule has 4 aromatic rings. The first kappa shape index (κ1) is 34.6. The molecule has 0 fully saturated rings. The van der Waals surface area contributed by atoms with Crippen molar-refractivity contribution in [3.05, 3.63) is 138 Å². The zero-order valence-corrected chi connectivity index (χ0v) is 28.5. The van der Waals surface area contributed by atoms with Gasteiger partial charge in [0.15, 0.2) is 0 Å². The zero-order valence-electron chi connectivity index (χ0n) is 27.8. The average molecular weight is 643 g/mol. The normalized spacial score (nSPS) is 11.8. The molecule has 0 bridgehead atoms. The summed E-state index contributed by atoms with van der Waals surface area (Å²) in [5.41, 5.74) is 6.04. The Labute approximate surface area is 275 Å². The van der Waals surface area contributed by atoms with Crippen molar-refractivity contribution in [2.24, 2.45) is 0 Å². The molecule has 0 radical (unpaired) electrons. The number of nitrogens with zero attached hydrogens (tertiary/aromatic N) is 4. The van der Waals surface area contributed by atoms with Gasteiger partial charge in [0.05, 0.1) is 14.5 Å². The molecule has 4 rings (SSSR count). The van der Waals surface area contributed by atoms with Crippen molar-refractivity contribution < 1.29 is 28.5 Å². The molecule has 0 aliphatic carbocycles. The van der Waals surface area contributed by atoms with Gasteiger partial charge in [-0.1, -0.05) is 60.7 Å². The molecule has 0 heterocycles. The molecular weight excluding hydrogens is 600 g/mol. The Morgan fingerprint density at radius 1 is 0.522 bits per heavy atom. The fraction of sp³-hybridized carbons (Fsp3) is 0.243. The summed E-state index contributed by atoms with van der Waals surface area (Å²) in [4.78, 5) is 7.95. The van der Waals surface area contributed by atoms with Crippen LogP contribution in [0.1, 0.15) is 22.3 Å². The van der Waals surface area contributed by atoms with Gasteiger partial charge in [0.2, 0.25) is 0 Å². The summed E-state index contributed by atoms with van der Waals surface area (Å²) < 4.78 is 42.6. The Hall–Kier alpha value is -4.31. The number of benzene rings is 4. The van der Waals surface area contributed by atoms with Gasteiger partial charge in [0, 0.05) is 90.3 Å². The van der Waals surface area contributed by atoms with Crippen LogP contribution in [0.5, 0.6) is 0 Å². The number of rotatable bonds is 12. The van der Waals surface area contributed by atoms with Gasteiger partial charge in [0.1, 0.15) is 0 Å². The molecule has 0 amide bonds. The predicted molar refractivity (Wildman–Crippen MR) is 181 cm³/mol. The van der Waals surface area contributed by atoms with Crippen LogP contribution in [-0.2, 0) is 9.89 Å². The Balaban J connectivity index is 1.93.